The summed E-state index contributed by atoms with van der Waals surface area (Å²) in [5, 5.41) is 11.2. The Labute approximate surface area is 100 Å². The topological polar surface area (TPSA) is 33.1 Å². The Morgan fingerprint density at radius 2 is 2.07 bits per heavy atom. The van der Waals surface area contributed by atoms with E-state index in [0.29, 0.717) is 5.92 Å². The minimum Gasteiger partial charge on any atom is -0.385 e. The van der Waals surface area contributed by atoms with Gasteiger partial charge in [0.1, 0.15) is 5.01 Å². The monoisotopic (exact) mass is 245 g/mol. The zero-order chi connectivity index (χ0) is 11.6. The molecule has 1 heterocycles. The van der Waals surface area contributed by atoms with Crippen molar-refractivity contribution in [3.8, 4) is 0 Å². The van der Waals surface area contributed by atoms with Gasteiger partial charge in [-0.1, -0.05) is 13.8 Å². The van der Waals surface area contributed by atoms with Crippen molar-refractivity contribution in [2.75, 3.05) is 6.26 Å². The maximum Gasteiger partial charge on any atom is 0.103 e. The lowest BCUT2D eigenvalue weighted by Gasteiger charge is -2.17. The fraction of sp³-hybridized carbons (Fsp3) is 0.727. The van der Waals surface area contributed by atoms with Crippen LogP contribution in [0.3, 0.4) is 0 Å². The number of thiazole rings is 1. The van der Waals surface area contributed by atoms with Gasteiger partial charge in [-0.25, -0.2) is 4.98 Å². The molecule has 1 aromatic rings. The average molecular weight is 245 g/mol. The van der Waals surface area contributed by atoms with E-state index in [1.165, 1.54) is 0 Å². The fourth-order valence-corrected chi connectivity index (χ4v) is 3.31. The Balaban J connectivity index is 3.12. The first-order valence-corrected chi connectivity index (χ1v) is 7.28. The first-order chi connectivity index (χ1) is 6.86. The third-order valence-corrected chi connectivity index (χ3v) is 4.20. The summed E-state index contributed by atoms with van der Waals surface area (Å²) >= 11 is 3.40. The summed E-state index contributed by atoms with van der Waals surface area (Å²) in [6.45, 7) is 7.89. The molecule has 0 atom stereocenters. The van der Waals surface area contributed by atoms with E-state index in [1.807, 2.05) is 13.8 Å². The molecule has 15 heavy (non-hydrogen) atoms. The number of hydrogen-bond acceptors (Lipinski definition) is 4. The lowest BCUT2D eigenvalue weighted by atomic mass is 10.0. The van der Waals surface area contributed by atoms with Gasteiger partial charge in [-0.3, -0.25) is 0 Å². The Morgan fingerprint density at radius 3 is 2.40 bits per heavy atom. The largest absolute Gasteiger partial charge is 0.385 e. The van der Waals surface area contributed by atoms with Crippen molar-refractivity contribution in [2.24, 2.45) is 0 Å². The van der Waals surface area contributed by atoms with Gasteiger partial charge in [-0.05, 0) is 26.0 Å². The SMILES string of the molecule is CSCc1nc(C(C)C)c(C(C)(C)O)s1. The number of hydrogen-bond donors (Lipinski definition) is 1. The van der Waals surface area contributed by atoms with E-state index in [0.717, 1.165) is 21.3 Å². The first-order valence-electron chi connectivity index (χ1n) is 5.07. The van der Waals surface area contributed by atoms with Crippen LogP contribution >= 0.6 is 23.1 Å². The van der Waals surface area contributed by atoms with Crippen molar-refractivity contribution in [1.82, 2.24) is 4.98 Å². The zero-order valence-electron chi connectivity index (χ0n) is 10.00. The molecule has 1 N–H and O–H groups in total. The fourth-order valence-electron chi connectivity index (χ4n) is 1.39. The van der Waals surface area contributed by atoms with Crippen LogP contribution in [0.1, 0.15) is 49.2 Å². The Bertz CT molecular complexity index is 326. The predicted molar refractivity (Wildman–Crippen MR) is 68.7 cm³/mol. The van der Waals surface area contributed by atoms with Crippen LogP contribution in [0, 0.1) is 0 Å². The van der Waals surface area contributed by atoms with Crippen LogP contribution in [0.25, 0.3) is 0 Å². The third-order valence-electron chi connectivity index (χ3n) is 2.07. The molecule has 86 valence electrons. The van der Waals surface area contributed by atoms with Gasteiger partial charge in [0.05, 0.1) is 16.2 Å². The van der Waals surface area contributed by atoms with Crippen molar-refractivity contribution in [3.63, 3.8) is 0 Å². The van der Waals surface area contributed by atoms with Crippen LogP contribution in [0.4, 0.5) is 0 Å². The minimum atomic E-state index is -0.770. The molecule has 0 amide bonds. The van der Waals surface area contributed by atoms with Gasteiger partial charge in [0.2, 0.25) is 0 Å². The van der Waals surface area contributed by atoms with E-state index < -0.39 is 5.60 Å². The van der Waals surface area contributed by atoms with Crippen molar-refractivity contribution < 1.29 is 5.11 Å². The van der Waals surface area contributed by atoms with Gasteiger partial charge in [-0.15, -0.1) is 11.3 Å². The molecule has 2 nitrogen and oxygen atoms in total. The van der Waals surface area contributed by atoms with Gasteiger partial charge >= 0.3 is 0 Å². The molecule has 0 radical (unpaired) electrons. The van der Waals surface area contributed by atoms with Gasteiger partial charge in [-0.2, -0.15) is 11.8 Å². The highest BCUT2D eigenvalue weighted by Crippen LogP contribution is 2.34. The second kappa shape index (κ2) is 4.85. The van der Waals surface area contributed by atoms with E-state index in [2.05, 4.69) is 25.1 Å². The molecule has 0 aliphatic rings. The van der Waals surface area contributed by atoms with Crippen LogP contribution in [0.5, 0.6) is 0 Å². The van der Waals surface area contributed by atoms with Gasteiger partial charge < -0.3 is 5.11 Å². The summed E-state index contributed by atoms with van der Waals surface area (Å²) in [5.74, 6) is 1.30. The second-order valence-corrected chi connectivity index (χ2v) is 6.42. The molecule has 4 heteroatoms. The van der Waals surface area contributed by atoms with Crippen molar-refractivity contribution in [1.29, 1.82) is 0 Å². The number of rotatable bonds is 4. The standard InChI is InChI=1S/C11H19NOS2/c1-7(2)9-10(11(3,4)13)15-8(12-9)6-14-5/h7,13H,6H2,1-5H3. The number of aliphatic hydroxyl groups is 1. The summed E-state index contributed by atoms with van der Waals surface area (Å²) in [7, 11) is 0. The van der Waals surface area contributed by atoms with Gasteiger partial charge in [0.15, 0.2) is 0 Å². The highest BCUT2D eigenvalue weighted by Gasteiger charge is 2.25. The summed E-state index contributed by atoms with van der Waals surface area (Å²) in [6, 6.07) is 0. The smallest absolute Gasteiger partial charge is 0.103 e. The van der Waals surface area contributed by atoms with Crippen molar-refractivity contribution in [3.05, 3.63) is 15.6 Å². The summed E-state index contributed by atoms with van der Waals surface area (Å²) in [5.41, 5.74) is 0.282. The molecular weight excluding hydrogens is 226 g/mol. The Kier molecular flexibility index (Phi) is 4.20. The quantitative estimate of drug-likeness (QED) is 0.883. The van der Waals surface area contributed by atoms with Crippen LogP contribution in [0.2, 0.25) is 0 Å². The summed E-state index contributed by atoms with van der Waals surface area (Å²) in [4.78, 5) is 5.62. The molecule has 0 aliphatic heterocycles. The number of nitrogens with zero attached hydrogens (tertiary/aromatic N) is 1. The molecule has 0 saturated carbocycles. The van der Waals surface area contributed by atoms with Gasteiger partial charge in [0.25, 0.3) is 0 Å². The third kappa shape index (κ3) is 3.20. The highest BCUT2D eigenvalue weighted by atomic mass is 32.2. The molecule has 1 rings (SSSR count). The average Bonchev–Trinajstić information content (AvgIpc) is 2.48. The molecule has 0 aromatic carbocycles. The molecule has 0 fully saturated rings. The highest BCUT2D eigenvalue weighted by molar-refractivity contribution is 7.97. The number of aromatic nitrogens is 1. The lowest BCUT2D eigenvalue weighted by Crippen LogP contribution is -2.16. The first kappa shape index (κ1) is 13.0. The van der Waals surface area contributed by atoms with Crippen LogP contribution in [-0.4, -0.2) is 16.3 Å². The van der Waals surface area contributed by atoms with Crippen LogP contribution in [-0.2, 0) is 11.4 Å². The molecule has 0 spiro atoms. The van der Waals surface area contributed by atoms with E-state index in [9.17, 15) is 5.11 Å². The maximum absolute atomic E-state index is 10.1. The molecule has 1 aromatic heterocycles. The van der Waals surface area contributed by atoms with Crippen LogP contribution in [0.15, 0.2) is 0 Å². The summed E-state index contributed by atoms with van der Waals surface area (Å²) < 4.78 is 0. The molecule has 0 unspecified atom stereocenters. The lowest BCUT2D eigenvalue weighted by molar-refractivity contribution is 0.0811. The predicted octanol–water partition coefficient (Wildman–Crippen LogP) is 3.36. The Morgan fingerprint density at radius 1 is 1.47 bits per heavy atom. The molecule has 0 saturated heterocycles. The molecular formula is C11H19NOS2. The normalized spacial score (nSPS) is 12.5. The molecule has 0 bridgehead atoms. The van der Waals surface area contributed by atoms with E-state index in [1.54, 1.807) is 23.1 Å². The van der Waals surface area contributed by atoms with E-state index >= 15 is 0 Å². The minimum absolute atomic E-state index is 0.373. The van der Waals surface area contributed by atoms with Crippen molar-refractivity contribution in [2.45, 2.75) is 45.0 Å². The second-order valence-electron chi connectivity index (χ2n) is 4.47. The zero-order valence-corrected chi connectivity index (χ0v) is 11.6. The van der Waals surface area contributed by atoms with Gasteiger partial charge in [0, 0.05) is 5.75 Å². The Hall–Kier alpha value is -0.0600. The van der Waals surface area contributed by atoms with E-state index in [-0.39, 0.29) is 0 Å². The van der Waals surface area contributed by atoms with E-state index in [4.69, 9.17) is 0 Å². The summed E-state index contributed by atoms with van der Waals surface area (Å²) in [6.07, 6.45) is 2.07. The van der Waals surface area contributed by atoms with Crippen LogP contribution < -0.4 is 0 Å². The molecule has 0 aliphatic carbocycles. The number of thioether (sulfide) groups is 1. The van der Waals surface area contributed by atoms with Crippen molar-refractivity contribution >= 4 is 23.1 Å². The maximum atomic E-state index is 10.1.